The van der Waals surface area contributed by atoms with E-state index in [2.05, 4.69) is 4.98 Å². The van der Waals surface area contributed by atoms with Crippen LogP contribution >= 0.6 is 0 Å². The van der Waals surface area contributed by atoms with Gasteiger partial charge in [0, 0.05) is 18.6 Å². The van der Waals surface area contributed by atoms with Crippen molar-refractivity contribution in [3.8, 4) is 5.75 Å². The molecule has 0 amide bonds. The van der Waals surface area contributed by atoms with Gasteiger partial charge in [-0.15, -0.1) is 0 Å². The highest BCUT2D eigenvalue weighted by molar-refractivity contribution is 5.69. The van der Waals surface area contributed by atoms with Gasteiger partial charge >= 0.3 is 5.97 Å². The van der Waals surface area contributed by atoms with E-state index >= 15 is 0 Å². The molecule has 6 nitrogen and oxygen atoms in total. The van der Waals surface area contributed by atoms with Crippen LogP contribution in [-0.2, 0) is 22.7 Å². The minimum atomic E-state index is -0.420. The van der Waals surface area contributed by atoms with Crippen LogP contribution in [0.4, 0.5) is 0 Å². The van der Waals surface area contributed by atoms with Gasteiger partial charge in [-0.3, -0.25) is 9.78 Å². The number of aliphatic hydroxyl groups is 2. The molecule has 1 aromatic heterocycles. The van der Waals surface area contributed by atoms with Crippen LogP contribution in [0.15, 0.2) is 12.1 Å². The van der Waals surface area contributed by atoms with Crippen LogP contribution in [0.25, 0.3) is 0 Å². The Morgan fingerprint density at radius 3 is 2.17 bits per heavy atom. The van der Waals surface area contributed by atoms with Crippen LogP contribution in [-0.4, -0.2) is 33.4 Å². The van der Waals surface area contributed by atoms with Gasteiger partial charge in [-0.2, -0.15) is 0 Å². The van der Waals surface area contributed by atoms with E-state index in [0.717, 1.165) is 25.7 Å². The second-order valence-electron chi connectivity index (χ2n) is 6.70. The van der Waals surface area contributed by atoms with Gasteiger partial charge in [0.15, 0.2) is 0 Å². The molecule has 6 heteroatoms. The Kier molecular flexibility index (Phi) is 8.71. The lowest BCUT2D eigenvalue weighted by Gasteiger charge is -2.19. The predicted molar refractivity (Wildman–Crippen MR) is 90.5 cm³/mol. The number of nitrogens with zero attached hydrogens (tertiary/aromatic N) is 1. The number of aliphatic hydroxyl groups excluding tert-OH is 2. The topological polar surface area (TPSA) is 88.9 Å². The maximum Gasteiger partial charge on any atom is 0.306 e. The van der Waals surface area contributed by atoms with Crippen molar-refractivity contribution in [1.29, 1.82) is 0 Å². The molecule has 136 valence electrons. The average Bonchev–Trinajstić information content (AvgIpc) is 2.51. The smallest absolute Gasteiger partial charge is 0.306 e. The van der Waals surface area contributed by atoms with Gasteiger partial charge in [-0.1, -0.05) is 12.8 Å². The number of carbonyl (C=O) groups excluding carboxylic acids is 1. The third kappa shape index (κ3) is 8.84. The number of hydrogen-bond acceptors (Lipinski definition) is 6. The number of esters is 1. The zero-order chi connectivity index (χ0) is 18.0. The third-order valence-corrected chi connectivity index (χ3v) is 3.19. The number of unbranched alkanes of at least 4 members (excludes halogenated alkanes) is 3. The predicted octanol–water partition coefficient (Wildman–Crippen LogP) is 2.74. The highest BCUT2D eigenvalue weighted by atomic mass is 16.6. The Morgan fingerprint density at radius 2 is 1.62 bits per heavy atom. The fourth-order valence-corrected chi connectivity index (χ4v) is 2.17. The molecule has 0 saturated heterocycles. The molecule has 1 aromatic rings. The number of ether oxygens (including phenoxy) is 2. The van der Waals surface area contributed by atoms with E-state index in [1.54, 1.807) is 12.1 Å². The van der Waals surface area contributed by atoms with E-state index in [-0.39, 0.29) is 19.2 Å². The Hall–Kier alpha value is -1.66. The fraction of sp³-hybridized carbons (Fsp3) is 0.667. The first-order valence-corrected chi connectivity index (χ1v) is 8.40. The summed E-state index contributed by atoms with van der Waals surface area (Å²) in [5.41, 5.74) is 0.541. The van der Waals surface area contributed by atoms with E-state index in [9.17, 15) is 4.79 Å². The summed E-state index contributed by atoms with van der Waals surface area (Å²) in [6, 6.07) is 3.34. The van der Waals surface area contributed by atoms with E-state index in [0.29, 0.717) is 30.2 Å². The minimum absolute atomic E-state index is 0.149. The fourth-order valence-electron chi connectivity index (χ4n) is 2.17. The molecule has 2 N–H and O–H groups in total. The number of aromatic nitrogens is 1. The summed E-state index contributed by atoms with van der Waals surface area (Å²) in [6.07, 6.45) is 4.05. The van der Waals surface area contributed by atoms with E-state index in [4.69, 9.17) is 19.7 Å². The van der Waals surface area contributed by atoms with Crippen LogP contribution in [0.1, 0.15) is 64.3 Å². The van der Waals surface area contributed by atoms with Gasteiger partial charge in [0.25, 0.3) is 0 Å². The Morgan fingerprint density at radius 1 is 1.04 bits per heavy atom. The standard InChI is InChI=1S/C18H29NO5/c1-18(2,3)24-17(22)8-6-4-5-7-9-23-16-10-14(12-20)19-15(11-16)13-21/h10-11,20-21H,4-9,12-13H2,1-3H3. The molecular weight excluding hydrogens is 310 g/mol. The summed E-state index contributed by atoms with van der Waals surface area (Å²) in [6.45, 7) is 5.78. The molecule has 24 heavy (non-hydrogen) atoms. The van der Waals surface area contributed by atoms with Crippen molar-refractivity contribution in [3.05, 3.63) is 23.5 Å². The summed E-state index contributed by atoms with van der Waals surface area (Å²) in [5.74, 6) is 0.454. The lowest BCUT2D eigenvalue weighted by atomic mass is 10.1. The molecule has 0 aliphatic carbocycles. The van der Waals surface area contributed by atoms with Crippen molar-refractivity contribution in [2.24, 2.45) is 0 Å². The first-order chi connectivity index (χ1) is 11.3. The second-order valence-corrected chi connectivity index (χ2v) is 6.70. The Labute approximate surface area is 143 Å². The number of pyridine rings is 1. The Bertz CT molecular complexity index is 488. The monoisotopic (exact) mass is 339 g/mol. The van der Waals surface area contributed by atoms with Crippen molar-refractivity contribution < 1.29 is 24.5 Å². The first kappa shape index (κ1) is 20.4. The molecule has 0 atom stereocenters. The van der Waals surface area contributed by atoms with Gasteiger partial charge in [0.1, 0.15) is 11.4 Å². The van der Waals surface area contributed by atoms with E-state index in [1.807, 2.05) is 20.8 Å². The summed E-state index contributed by atoms with van der Waals surface area (Å²) in [5, 5.41) is 18.3. The van der Waals surface area contributed by atoms with Gasteiger partial charge in [0.2, 0.25) is 0 Å². The maximum absolute atomic E-state index is 11.6. The normalized spacial score (nSPS) is 11.4. The van der Waals surface area contributed by atoms with Gasteiger partial charge in [-0.05, 0) is 33.6 Å². The number of carbonyl (C=O) groups is 1. The van der Waals surface area contributed by atoms with Crippen LogP contribution in [0, 0.1) is 0 Å². The lowest BCUT2D eigenvalue weighted by molar-refractivity contribution is -0.154. The number of rotatable bonds is 10. The summed E-state index contributed by atoms with van der Waals surface area (Å²) in [7, 11) is 0. The van der Waals surface area contributed by atoms with Crippen molar-refractivity contribution in [2.75, 3.05) is 6.61 Å². The molecule has 0 bridgehead atoms. The molecular formula is C18H29NO5. The molecule has 0 radical (unpaired) electrons. The van der Waals surface area contributed by atoms with Crippen LogP contribution in [0.2, 0.25) is 0 Å². The highest BCUT2D eigenvalue weighted by Crippen LogP contribution is 2.16. The maximum atomic E-state index is 11.6. The summed E-state index contributed by atoms with van der Waals surface area (Å²) < 4.78 is 10.9. The zero-order valence-electron chi connectivity index (χ0n) is 14.9. The highest BCUT2D eigenvalue weighted by Gasteiger charge is 2.15. The molecule has 0 aliphatic rings. The third-order valence-electron chi connectivity index (χ3n) is 3.19. The molecule has 1 heterocycles. The molecule has 0 spiro atoms. The van der Waals surface area contributed by atoms with Gasteiger partial charge < -0.3 is 19.7 Å². The molecule has 0 fully saturated rings. The zero-order valence-corrected chi connectivity index (χ0v) is 14.9. The molecule has 0 saturated carbocycles. The molecule has 0 aliphatic heterocycles. The lowest BCUT2D eigenvalue weighted by Crippen LogP contribution is -2.23. The first-order valence-electron chi connectivity index (χ1n) is 8.40. The van der Waals surface area contributed by atoms with Crippen LogP contribution in [0.3, 0.4) is 0 Å². The number of hydrogen-bond donors (Lipinski definition) is 2. The largest absolute Gasteiger partial charge is 0.493 e. The molecule has 0 unspecified atom stereocenters. The van der Waals surface area contributed by atoms with Gasteiger partial charge in [-0.25, -0.2) is 0 Å². The van der Waals surface area contributed by atoms with Crippen molar-refractivity contribution >= 4 is 5.97 Å². The summed E-state index contributed by atoms with van der Waals surface area (Å²) >= 11 is 0. The van der Waals surface area contributed by atoms with Gasteiger partial charge in [0.05, 0.1) is 31.2 Å². The average molecular weight is 339 g/mol. The van der Waals surface area contributed by atoms with Crippen LogP contribution in [0.5, 0.6) is 5.75 Å². The second kappa shape index (κ2) is 10.3. The molecule has 1 rings (SSSR count). The quantitative estimate of drug-likeness (QED) is 0.503. The van der Waals surface area contributed by atoms with Crippen molar-refractivity contribution in [1.82, 2.24) is 4.98 Å². The summed E-state index contributed by atoms with van der Waals surface area (Å²) in [4.78, 5) is 15.6. The van der Waals surface area contributed by atoms with Crippen molar-refractivity contribution in [3.63, 3.8) is 0 Å². The van der Waals surface area contributed by atoms with E-state index in [1.165, 1.54) is 0 Å². The van der Waals surface area contributed by atoms with E-state index < -0.39 is 5.60 Å². The van der Waals surface area contributed by atoms with Crippen molar-refractivity contribution in [2.45, 2.75) is 71.7 Å². The molecule has 0 aromatic carbocycles. The minimum Gasteiger partial charge on any atom is -0.493 e. The van der Waals surface area contributed by atoms with Crippen LogP contribution < -0.4 is 4.74 Å². The Balaban J connectivity index is 2.17. The SMILES string of the molecule is CC(C)(C)OC(=O)CCCCCCOc1cc(CO)nc(CO)c1.